The quantitative estimate of drug-likeness (QED) is 0.673. The van der Waals surface area contributed by atoms with Gasteiger partial charge in [-0.25, -0.2) is 4.79 Å². The first-order valence-electron chi connectivity index (χ1n) is 4.79. The van der Waals surface area contributed by atoms with Crippen molar-refractivity contribution in [2.75, 3.05) is 7.11 Å². The Morgan fingerprint density at radius 1 is 1.57 bits per heavy atom. The van der Waals surface area contributed by atoms with Crippen LogP contribution >= 0.6 is 11.8 Å². The Morgan fingerprint density at radius 2 is 2.29 bits per heavy atom. The molecule has 14 heavy (non-hydrogen) atoms. The number of hydrogen-bond acceptors (Lipinski definition) is 3. The third kappa shape index (κ3) is 3.22. The second-order valence-electron chi connectivity index (χ2n) is 3.47. The highest BCUT2D eigenvalue weighted by molar-refractivity contribution is 8.03. The number of carbonyl (C=O) groups is 1. The van der Waals surface area contributed by atoms with E-state index < -0.39 is 0 Å². The molecule has 78 valence electrons. The van der Waals surface area contributed by atoms with Crippen LogP contribution in [0.4, 0.5) is 0 Å². The molecule has 0 spiro atoms. The molecule has 0 aliphatic heterocycles. The van der Waals surface area contributed by atoms with Crippen molar-refractivity contribution in [3.05, 3.63) is 22.6 Å². The van der Waals surface area contributed by atoms with Crippen molar-refractivity contribution in [1.82, 2.24) is 0 Å². The first-order valence-corrected chi connectivity index (χ1v) is 5.67. The SMILES string of the molecule is COC(=O)C1=CCCC(SC(C)C)=C1. The van der Waals surface area contributed by atoms with Gasteiger partial charge in [0.25, 0.3) is 0 Å². The van der Waals surface area contributed by atoms with E-state index >= 15 is 0 Å². The normalized spacial score (nSPS) is 16.3. The average molecular weight is 212 g/mol. The van der Waals surface area contributed by atoms with E-state index in [1.165, 1.54) is 12.0 Å². The minimum Gasteiger partial charge on any atom is -0.465 e. The lowest BCUT2D eigenvalue weighted by Crippen LogP contribution is -2.06. The predicted molar refractivity (Wildman–Crippen MR) is 60.1 cm³/mol. The van der Waals surface area contributed by atoms with Gasteiger partial charge in [-0.05, 0) is 23.8 Å². The molecule has 0 aromatic rings. The van der Waals surface area contributed by atoms with Crippen molar-refractivity contribution in [1.29, 1.82) is 0 Å². The van der Waals surface area contributed by atoms with Crippen LogP contribution in [0, 0.1) is 0 Å². The van der Waals surface area contributed by atoms with Crippen LogP contribution in [-0.2, 0) is 9.53 Å². The molecule has 0 saturated carbocycles. The van der Waals surface area contributed by atoms with E-state index in [4.69, 9.17) is 0 Å². The number of thioether (sulfide) groups is 1. The molecule has 0 bridgehead atoms. The van der Waals surface area contributed by atoms with Crippen molar-refractivity contribution in [3.8, 4) is 0 Å². The molecule has 0 fully saturated rings. The number of ether oxygens (including phenoxy) is 1. The average Bonchev–Trinajstić information content (AvgIpc) is 2.16. The second-order valence-corrected chi connectivity index (χ2v) is 5.17. The molecule has 1 aliphatic rings. The zero-order valence-electron chi connectivity index (χ0n) is 8.87. The van der Waals surface area contributed by atoms with Gasteiger partial charge in [-0.15, -0.1) is 11.8 Å². The fraction of sp³-hybridized carbons (Fsp3) is 0.545. The van der Waals surface area contributed by atoms with E-state index in [1.807, 2.05) is 23.9 Å². The van der Waals surface area contributed by atoms with Crippen LogP contribution in [0.15, 0.2) is 22.6 Å². The summed E-state index contributed by atoms with van der Waals surface area (Å²) in [6.07, 6.45) is 5.87. The lowest BCUT2D eigenvalue weighted by Gasteiger charge is -2.13. The summed E-state index contributed by atoms with van der Waals surface area (Å²) in [5.41, 5.74) is 0.696. The van der Waals surface area contributed by atoms with Crippen molar-refractivity contribution < 1.29 is 9.53 Å². The van der Waals surface area contributed by atoms with Crippen molar-refractivity contribution >= 4 is 17.7 Å². The molecule has 0 heterocycles. The smallest absolute Gasteiger partial charge is 0.337 e. The summed E-state index contributed by atoms with van der Waals surface area (Å²) >= 11 is 1.82. The molecule has 0 aromatic heterocycles. The number of esters is 1. The van der Waals surface area contributed by atoms with Gasteiger partial charge in [-0.2, -0.15) is 0 Å². The Balaban J connectivity index is 2.67. The summed E-state index contributed by atoms with van der Waals surface area (Å²) in [4.78, 5) is 12.5. The molecule has 0 atom stereocenters. The maximum absolute atomic E-state index is 11.3. The minimum absolute atomic E-state index is 0.230. The third-order valence-corrected chi connectivity index (χ3v) is 2.98. The summed E-state index contributed by atoms with van der Waals surface area (Å²) in [6, 6.07) is 0. The van der Waals surface area contributed by atoms with E-state index in [9.17, 15) is 4.79 Å². The molecule has 2 nitrogen and oxygen atoms in total. The largest absolute Gasteiger partial charge is 0.465 e. The third-order valence-electron chi connectivity index (χ3n) is 1.88. The highest BCUT2D eigenvalue weighted by Gasteiger charge is 2.13. The second kappa shape index (κ2) is 5.25. The number of allylic oxidation sites excluding steroid dienone is 2. The highest BCUT2D eigenvalue weighted by atomic mass is 32.2. The van der Waals surface area contributed by atoms with Crippen LogP contribution in [0.25, 0.3) is 0 Å². The van der Waals surface area contributed by atoms with Crippen LogP contribution in [-0.4, -0.2) is 18.3 Å². The van der Waals surface area contributed by atoms with Crippen LogP contribution in [0.1, 0.15) is 26.7 Å². The van der Waals surface area contributed by atoms with E-state index in [0.29, 0.717) is 10.8 Å². The van der Waals surface area contributed by atoms with Gasteiger partial charge in [0.05, 0.1) is 12.7 Å². The zero-order valence-corrected chi connectivity index (χ0v) is 9.69. The summed E-state index contributed by atoms with van der Waals surface area (Å²) < 4.78 is 4.68. The monoisotopic (exact) mass is 212 g/mol. The van der Waals surface area contributed by atoms with Gasteiger partial charge in [0.15, 0.2) is 0 Å². The van der Waals surface area contributed by atoms with Gasteiger partial charge in [-0.1, -0.05) is 19.9 Å². The first-order chi connectivity index (χ1) is 6.63. The zero-order chi connectivity index (χ0) is 10.6. The highest BCUT2D eigenvalue weighted by Crippen LogP contribution is 2.30. The summed E-state index contributed by atoms with van der Waals surface area (Å²) in [6.45, 7) is 4.31. The summed E-state index contributed by atoms with van der Waals surface area (Å²) in [5.74, 6) is -0.230. The molecule has 0 saturated heterocycles. The fourth-order valence-electron chi connectivity index (χ4n) is 1.33. The van der Waals surface area contributed by atoms with Crippen molar-refractivity contribution in [3.63, 3.8) is 0 Å². The number of methoxy groups -OCH3 is 1. The summed E-state index contributed by atoms with van der Waals surface area (Å²) in [5, 5.41) is 0.568. The molecule has 0 amide bonds. The van der Waals surface area contributed by atoms with Crippen LogP contribution in [0.5, 0.6) is 0 Å². The molecule has 0 unspecified atom stereocenters. The van der Waals surface area contributed by atoms with E-state index in [-0.39, 0.29) is 5.97 Å². The van der Waals surface area contributed by atoms with Gasteiger partial charge in [0.1, 0.15) is 0 Å². The van der Waals surface area contributed by atoms with E-state index in [2.05, 4.69) is 18.6 Å². The van der Waals surface area contributed by atoms with Gasteiger partial charge >= 0.3 is 5.97 Å². The van der Waals surface area contributed by atoms with E-state index in [0.717, 1.165) is 12.8 Å². The molecule has 0 radical (unpaired) electrons. The lowest BCUT2D eigenvalue weighted by atomic mass is 10.1. The Labute approximate surface area is 89.4 Å². The molecular weight excluding hydrogens is 196 g/mol. The predicted octanol–water partition coefficient (Wildman–Crippen LogP) is 2.91. The maximum Gasteiger partial charge on any atom is 0.337 e. The Morgan fingerprint density at radius 3 is 2.86 bits per heavy atom. The number of carbonyl (C=O) groups excluding carboxylic acids is 1. The molecular formula is C11H16O2S. The Bertz CT molecular complexity index is 277. The molecule has 0 N–H and O–H groups in total. The first kappa shape index (κ1) is 11.4. The minimum atomic E-state index is -0.230. The number of rotatable bonds is 3. The molecule has 0 aromatic carbocycles. The standard InChI is InChI=1S/C11H16O2S/c1-8(2)14-10-6-4-5-9(7-10)11(12)13-3/h5,7-8H,4,6H2,1-3H3. The van der Waals surface area contributed by atoms with E-state index in [1.54, 1.807) is 0 Å². The van der Waals surface area contributed by atoms with Crippen LogP contribution in [0.2, 0.25) is 0 Å². The molecule has 3 heteroatoms. The van der Waals surface area contributed by atoms with Crippen molar-refractivity contribution in [2.45, 2.75) is 31.9 Å². The Kier molecular flexibility index (Phi) is 4.26. The Hall–Kier alpha value is -0.700. The van der Waals surface area contributed by atoms with Gasteiger partial charge in [0.2, 0.25) is 0 Å². The number of hydrogen-bond donors (Lipinski definition) is 0. The maximum atomic E-state index is 11.3. The van der Waals surface area contributed by atoms with Gasteiger partial charge in [0, 0.05) is 5.25 Å². The van der Waals surface area contributed by atoms with Gasteiger partial charge in [-0.3, -0.25) is 0 Å². The van der Waals surface area contributed by atoms with Crippen LogP contribution < -0.4 is 0 Å². The summed E-state index contributed by atoms with van der Waals surface area (Å²) in [7, 11) is 1.42. The van der Waals surface area contributed by atoms with Crippen molar-refractivity contribution in [2.24, 2.45) is 0 Å². The lowest BCUT2D eigenvalue weighted by molar-refractivity contribution is -0.135. The van der Waals surface area contributed by atoms with Gasteiger partial charge < -0.3 is 4.74 Å². The van der Waals surface area contributed by atoms with Crippen LogP contribution in [0.3, 0.4) is 0 Å². The topological polar surface area (TPSA) is 26.3 Å². The fourth-order valence-corrected chi connectivity index (χ4v) is 2.37. The molecule has 1 aliphatic carbocycles. The molecule has 1 rings (SSSR count).